The fraction of sp³-hybridized carbons (Fsp3) is 0.278. The molecule has 2 aromatic rings. The molecule has 0 N–H and O–H groups in total. The fourth-order valence-corrected chi connectivity index (χ4v) is 2.18. The monoisotopic (exact) mass is 268 g/mol. The molecule has 0 aliphatic carbocycles. The smallest absolute Gasteiger partial charge is 0.150 e. The number of ether oxygens (including phenoxy) is 1. The van der Waals surface area contributed by atoms with E-state index in [2.05, 4.69) is 39.0 Å². The van der Waals surface area contributed by atoms with Gasteiger partial charge in [-0.3, -0.25) is 4.79 Å². The third-order valence-electron chi connectivity index (χ3n) is 3.39. The Morgan fingerprint density at radius 3 is 2.40 bits per heavy atom. The van der Waals surface area contributed by atoms with Gasteiger partial charge in [-0.1, -0.05) is 26.0 Å². The number of aryl methyl sites for hydroxylation is 2. The number of hydrogen-bond acceptors (Lipinski definition) is 2. The molecule has 0 radical (unpaired) electrons. The molecule has 0 fully saturated rings. The zero-order valence-electron chi connectivity index (χ0n) is 12.4. The first-order valence-corrected chi connectivity index (χ1v) is 6.85. The molecule has 20 heavy (non-hydrogen) atoms. The van der Waals surface area contributed by atoms with Gasteiger partial charge in [0.1, 0.15) is 17.8 Å². The van der Waals surface area contributed by atoms with Gasteiger partial charge in [-0.05, 0) is 60.7 Å². The van der Waals surface area contributed by atoms with Crippen molar-refractivity contribution in [3.63, 3.8) is 0 Å². The summed E-state index contributed by atoms with van der Waals surface area (Å²) in [5.41, 5.74) is 3.99. The standard InChI is InChI=1S/C18H20O2/c1-12(2)17-8-5-13(3)9-18(17)20-16-7-6-15(11-19)14(4)10-16/h5-12H,1-4H3. The molecule has 2 aromatic carbocycles. The Morgan fingerprint density at radius 2 is 1.80 bits per heavy atom. The van der Waals surface area contributed by atoms with Gasteiger partial charge >= 0.3 is 0 Å². The second-order valence-electron chi connectivity index (χ2n) is 5.43. The van der Waals surface area contributed by atoms with E-state index in [-0.39, 0.29) is 0 Å². The van der Waals surface area contributed by atoms with E-state index < -0.39 is 0 Å². The molecule has 0 amide bonds. The predicted molar refractivity (Wildman–Crippen MR) is 81.9 cm³/mol. The minimum absolute atomic E-state index is 0.404. The van der Waals surface area contributed by atoms with Crippen LogP contribution in [0.25, 0.3) is 0 Å². The molecule has 0 aliphatic rings. The van der Waals surface area contributed by atoms with Crippen molar-refractivity contribution in [2.75, 3.05) is 0 Å². The van der Waals surface area contributed by atoms with Crippen LogP contribution in [0.2, 0.25) is 0 Å². The quantitative estimate of drug-likeness (QED) is 0.727. The van der Waals surface area contributed by atoms with Crippen LogP contribution in [0.15, 0.2) is 36.4 Å². The second kappa shape index (κ2) is 5.91. The summed E-state index contributed by atoms with van der Waals surface area (Å²) in [6.45, 7) is 8.27. The van der Waals surface area contributed by atoms with Crippen LogP contribution in [0.4, 0.5) is 0 Å². The number of carbonyl (C=O) groups is 1. The third-order valence-corrected chi connectivity index (χ3v) is 3.39. The van der Waals surface area contributed by atoms with Crippen molar-refractivity contribution in [3.05, 3.63) is 58.7 Å². The lowest BCUT2D eigenvalue weighted by atomic mass is 10.0. The Kier molecular flexibility index (Phi) is 4.23. The van der Waals surface area contributed by atoms with Crippen molar-refractivity contribution in [1.82, 2.24) is 0 Å². The second-order valence-corrected chi connectivity index (χ2v) is 5.43. The molecule has 0 saturated carbocycles. The SMILES string of the molecule is Cc1ccc(C(C)C)c(Oc2ccc(C=O)c(C)c2)c1. The molecule has 0 saturated heterocycles. The average molecular weight is 268 g/mol. The van der Waals surface area contributed by atoms with Crippen LogP contribution in [0.3, 0.4) is 0 Å². The molecule has 2 heteroatoms. The fourth-order valence-electron chi connectivity index (χ4n) is 2.18. The van der Waals surface area contributed by atoms with Gasteiger partial charge in [-0.15, -0.1) is 0 Å². The summed E-state index contributed by atoms with van der Waals surface area (Å²) in [6.07, 6.45) is 0.866. The summed E-state index contributed by atoms with van der Waals surface area (Å²) in [6, 6.07) is 11.8. The molecule has 2 rings (SSSR count). The van der Waals surface area contributed by atoms with Gasteiger partial charge in [0.05, 0.1) is 0 Å². The van der Waals surface area contributed by atoms with Crippen molar-refractivity contribution in [2.24, 2.45) is 0 Å². The van der Waals surface area contributed by atoms with Crippen LogP contribution in [-0.4, -0.2) is 6.29 Å². The van der Waals surface area contributed by atoms with Crippen LogP contribution in [0, 0.1) is 13.8 Å². The predicted octanol–water partition coefficient (Wildman–Crippen LogP) is 5.03. The van der Waals surface area contributed by atoms with E-state index in [1.807, 2.05) is 19.1 Å². The maximum Gasteiger partial charge on any atom is 0.150 e. The van der Waals surface area contributed by atoms with Crippen LogP contribution < -0.4 is 4.74 Å². The zero-order valence-corrected chi connectivity index (χ0v) is 12.4. The number of rotatable bonds is 4. The molecule has 0 aliphatic heterocycles. The summed E-state index contributed by atoms with van der Waals surface area (Å²) in [5.74, 6) is 2.06. The molecule has 0 aromatic heterocycles. The van der Waals surface area contributed by atoms with Gasteiger partial charge in [0.2, 0.25) is 0 Å². The Bertz CT molecular complexity index is 627. The summed E-state index contributed by atoms with van der Waals surface area (Å²) >= 11 is 0. The lowest BCUT2D eigenvalue weighted by molar-refractivity contribution is 0.112. The van der Waals surface area contributed by atoms with E-state index in [0.29, 0.717) is 11.5 Å². The number of aldehydes is 1. The average Bonchev–Trinajstić information content (AvgIpc) is 2.38. The van der Waals surface area contributed by atoms with Gasteiger partial charge < -0.3 is 4.74 Å². The Hall–Kier alpha value is -2.09. The highest BCUT2D eigenvalue weighted by molar-refractivity contribution is 5.77. The number of hydrogen-bond donors (Lipinski definition) is 0. The Morgan fingerprint density at radius 1 is 1.05 bits per heavy atom. The third kappa shape index (κ3) is 3.08. The molecule has 0 unspecified atom stereocenters. The highest BCUT2D eigenvalue weighted by atomic mass is 16.5. The number of benzene rings is 2. The molecular weight excluding hydrogens is 248 g/mol. The summed E-state index contributed by atoms with van der Waals surface area (Å²) < 4.78 is 6.02. The van der Waals surface area contributed by atoms with Crippen molar-refractivity contribution in [2.45, 2.75) is 33.6 Å². The van der Waals surface area contributed by atoms with Crippen LogP contribution in [0.1, 0.15) is 46.8 Å². The van der Waals surface area contributed by atoms with Crippen molar-refractivity contribution in [3.8, 4) is 11.5 Å². The molecule has 0 heterocycles. The minimum Gasteiger partial charge on any atom is -0.457 e. The summed E-state index contributed by atoms with van der Waals surface area (Å²) in [7, 11) is 0. The number of carbonyl (C=O) groups excluding carboxylic acids is 1. The first-order valence-electron chi connectivity index (χ1n) is 6.85. The Labute approximate surface area is 120 Å². The normalized spacial score (nSPS) is 10.7. The Balaban J connectivity index is 2.36. The molecule has 0 bridgehead atoms. The molecular formula is C18H20O2. The first-order chi connectivity index (χ1) is 9.51. The van der Waals surface area contributed by atoms with Crippen LogP contribution in [-0.2, 0) is 0 Å². The van der Waals surface area contributed by atoms with Crippen molar-refractivity contribution in [1.29, 1.82) is 0 Å². The van der Waals surface area contributed by atoms with E-state index in [9.17, 15) is 4.79 Å². The maximum atomic E-state index is 10.8. The van der Waals surface area contributed by atoms with E-state index in [1.165, 1.54) is 11.1 Å². The highest BCUT2D eigenvalue weighted by Crippen LogP contribution is 2.32. The lowest BCUT2D eigenvalue weighted by Gasteiger charge is -2.15. The van der Waals surface area contributed by atoms with E-state index in [1.54, 1.807) is 6.07 Å². The molecule has 0 spiro atoms. The maximum absolute atomic E-state index is 10.8. The van der Waals surface area contributed by atoms with Crippen LogP contribution >= 0.6 is 0 Å². The molecule has 2 nitrogen and oxygen atoms in total. The van der Waals surface area contributed by atoms with E-state index in [0.717, 1.165) is 23.3 Å². The largest absolute Gasteiger partial charge is 0.457 e. The van der Waals surface area contributed by atoms with Crippen LogP contribution in [0.5, 0.6) is 11.5 Å². The van der Waals surface area contributed by atoms with Crippen molar-refractivity contribution >= 4 is 6.29 Å². The topological polar surface area (TPSA) is 26.3 Å². The molecule has 0 atom stereocenters. The van der Waals surface area contributed by atoms with Gasteiger partial charge in [0.25, 0.3) is 0 Å². The zero-order chi connectivity index (χ0) is 14.7. The summed E-state index contributed by atoms with van der Waals surface area (Å²) in [4.78, 5) is 10.8. The highest BCUT2D eigenvalue weighted by Gasteiger charge is 2.09. The van der Waals surface area contributed by atoms with Gasteiger partial charge in [-0.2, -0.15) is 0 Å². The minimum atomic E-state index is 0.404. The molecule has 104 valence electrons. The first kappa shape index (κ1) is 14.3. The van der Waals surface area contributed by atoms with E-state index in [4.69, 9.17) is 4.74 Å². The van der Waals surface area contributed by atoms with Gasteiger partial charge in [0.15, 0.2) is 0 Å². The summed E-state index contributed by atoms with van der Waals surface area (Å²) in [5, 5.41) is 0. The van der Waals surface area contributed by atoms with Gasteiger partial charge in [-0.25, -0.2) is 0 Å². The van der Waals surface area contributed by atoms with Crippen molar-refractivity contribution < 1.29 is 9.53 Å². The van der Waals surface area contributed by atoms with Gasteiger partial charge in [0, 0.05) is 5.56 Å². The lowest BCUT2D eigenvalue weighted by Crippen LogP contribution is -1.95. The van der Waals surface area contributed by atoms with E-state index >= 15 is 0 Å².